The van der Waals surface area contributed by atoms with Crippen LogP contribution >= 0.6 is 11.6 Å². The highest BCUT2D eigenvalue weighted by molar-refractivity contribution is 6.29. The van der Waals surface area contributed by atoms with Crippen molar-refractivity contribution >= 4 is 17.4 Å². The van der Waals surface area contributed by atoms with Crippen LogP contribution in [0.1, 0.15) is 19.3 Å². The smallest absolute Gasteiger partial charge is 0.131 e. The third-order valence-corrected chi connectivity index (χ3v) is 2.38. The number of pyridine rings is 1. The largest absolute Gasteiger partial charge is 0.367 e. The zero-order valence-electron chi connectivity index (χ0n) is 6.76. The number of anilines is 1. The summed E-state index contributed by atoms with van der Waals surface area (Å²) in [5.41, 5.74) is 0. The lowest BCUT2D eigenvalue weighted by molar-refractivity contribution is 0.444. The average molecular weight is 183 g/mol. The highest BCUT2D eigenvalue weighted by Gasteiger charge is 2.16. The Morgan fingerprint density at radius 1 is 1.42 bits per heavy atom. The number of nitrogens with zero attached hydrogens (tertiary/aromatic N) is 1. The second-order valence-electron chi connectivity index (χ2n) is 3.12. The summed E-state index contributed by atoms with van der Waals surface area (Å²) < 4.78 is 0. The van der Waals surface area contributed by atoms with E-state index in [0.717, 1.165) is 5.82 Å². The molecule has 1 aliphatic carbocycles. The fraction of sp³-hybridized carbons (Fsp3) is 0.444. The zero-order chi connectivity index (χ0) is 8.39. The van der Waals surface area contributed by atoms with E-state index in [0.29, 0.717) is 11.2 Å². The van der Waals surface area contributed by atoms with Crippen LogP contribution in [0.25, 0.3) is 0 Å². The van der Waals surface area contributed by atoms with Crippen molar-refractivity contribution in [2.45, 2.75) is 25.3 Å². The SMILES string of the molecule is Clc1cccc(NC2CCC2)n1. The minimum Gasteiger partial charge on any atom is -0.367 e. The third-order valence-electron chi connectivity index (χ3n) is 2.17. The number of rotatable bonds is 2. The van der Waals surface area contributed by atoms with E-state index in [1.165, 1.54) is 19.3 Å². The Kier molecular flexibility index (Phi) is 2.17. The van der Waals surface area contributed by atoms with Crippen molar-refractivity contribution in [3.05, 3.63) is 23.4 Å². The van der Waals surface area contributed by atoms with E-state index in [-0.39, 0.29) is 0 Å². The Morgan fingerprint density at radius 3 is 2.83 bits per heavy atom. The first kappa shape index (κ1) is 7.87. The summed E-state index contributed by atoms with van der Waals surface area (Å²) in [5, 5.41) is 3.88. The zero-order valence-corrected chi connectivity index (χ0v) is 7.51. The molecule has 3 heteroatoms. The number of hydrogen-bond donors (Lipinski definition) is 1. The summed E-state index contributed by atoms with van der Waals surface area (Å²) >= 11 is 5.74. The van der Waals surface area contributed by atoms with Crippen LogP contribution in [0.2, 0.25) is 5.15 Å². The van der Waals surface area contributed by atoms with Gasteiger partial charge in [-0.15, -0.1) is 0 Å². The van der Waals surface area contributed by atoms with Gasteiger partial charge in [-0.1, -0.05) is 17.7 Å². The normalized spacial score (nSPS) is 17.1. The Balaban J connectivity index is 2.02. The van der Waals surface area contributed by atoms with Gasteiger partial charge in [0.15, 0.2) is 0 Å². The molecule has 2 rings (SSSR count). The average Bonchev–Trinajstić information content (AvgIpc) is 1.97. The first-order valence-electron chi connectivity index (χ1n) is 4.24. The van der Waals surface area contributed by atoms with E-state index >= 15 is 0 Å². The Hall–Kier alpha value is -0.760. The molecule has 0 bridgehead atoms. The molecular weight excluding hydrogens is 172 g/mol. The van der Waals surface area contributed by atoms with Crippen molar-refractivity contribution in [3.63, 3.8) is 0 Å². The predicted octanol–water partition coefficient (Wildman–Crippen LogP) is 2.70. The topological polar surface area (TPSA) is 24.9 Å². The first-order valence-corrected chi connectivity index (χ1v) is 4.61. The van der Waals surface area contributed by atoms with Crippen LogP contribution in [-0.4, -0.2) is 11.0 Å². The molecule has 0 spiro atoms. The molecule has 0 amide bonds. The molecule has 0 unspecified atom stereocenters. The van der Waals surface area contributed by atoms with E-state index in [1.54, 1.807) is 6.07 Å². The van der Waals surface area contributed by atoms with Gasteiger partial charge >= 0.3 is 0 Å². The maximum absolute atomic E-state index is 5.74. The number of nitrogens with one attached hydrogen (secondary N) is 1. The number of halogens is 1. The maximum Gasteiger partial charge on any atom is 0.131 e. The standard InChI is InChI=1S/C9H11ClN2/c10-8-5-2-6-9(12-8)11-7-3-1-4-7/h2,5-7H,1,3-4H2,(H,11,12). The maximum atomic E-state index is 5.74. The molecule has 64 valence electrons. The van der Waals surface area contributed by atoms with E-state index in [4.69, 9.17) is 11.6 Å². The lowest BCUT2D eigenvalue weighted by Gasteiger charge is -2.26. The van der Waals surface area contributed by atoms with Gasteiger partial charge in [0.1, 0.15) is 11.0 Å². The molecule has 1 fully saturated rings. The lowest BCUT2D eigenvalue weighted by Crippen LogP contribution is -2.27. The van der Waals surface area contributed by atoms with Gasteiger partial charge in [0.25, 0.3) is 0 Å². The molecule has 1 N–H and O–H groups in total. The van der Waals surface area contributed by atoms with Crippen LogP contribution in [0.3, 0.4) is 0 Å². The summed E-state index contributed by atoms with van der Waals surface area (Å²) in [6.45, 7) is 0. The van der Waals surface area contributed by atoms with Gasteiger partial charge in [-0.25, -0.2) is 4.98 Å². The summed E-state index contributed by atoms with van der Waals surface area (Å²) in [5.74, 6) is 0.896. The highest BCUT2D eigenvalue weighted by atomic mass is 35.5. The molecule has 0 radical (unpaired) electrons. The molecule has 0 atom stereocenters. The fourth-order valence-electron chi connectivity index (χ4n) is 1.25. The van der Waals surface area contributed by atoms with Crippen molar-refractivity contribution < 1.29 is 0 Å². The van der Waals surface area contributed by atoms with Crippen molar-refractivity contribution in [3.8, 4) is 0 Å². The summed E-state index contributed by atoms with van der Waals surface area (Å²) in [4.78, 5) is 4.15. The molecule has 1 saturated carbocycles. The van der Waals surface area contributed by atoms with Crippen molar-refractivity contribution in [1.82, 2.24) is 4.98 Å². The van der Waals surface area contributed by atoms with E-state index in [2.05, 4.69) is 10.3 Å². The fourth-order valence-corrected chi connectivity index (χ4v) is 1.41. The molecule has 1 heterocycles. The molecule has 1 aromatic rings. The molecule has 12 heavy (non-hydrogen) atoms. The van der Waals surface area contributed by atoms with Crippen LogP contribution in [0.15, 0.2) is 18.2 Å². The molecule has 0 aliphatic heterocycles. The van der Waals surface area contributed by atoms with Crippen molar-refractivity contribution in [2.24, 2.45) is 0 Å². The van der Waals surface area contributed by atoms with Crippen molar-refractivity contribution in [1.29, 1.82) is 0 Å². The minimum atomic E-state index is 0.555. The summed E-state index contributed by atoms with van der Waals surface area (Å²) in [6, 6.07) is 6.27. The van der Waals surface area contributed by atoms with Gasteiger partial charge in [0.05, 0.1) is 0 Å². The molecule has 0 aromatic carbocycles. The Bertz CT molecular complexity index is 271. The highest BCUT2D eigenvalue weighted by Crippen LogP contribution is 2.22. The monoisotopic (exact) mass is 182 g/mol. The van der Waals surface area contributed by atoms with Gasteiger partial charge in [0.2, 0.25) is 0 Å². The van der Waals surface area contributed by atoms with Crippen LogP contribution in [0.4, 0.5) is 5.82 Å². The molecule has 0 saturated heterocycles. The third kappa shape index (κ3) is 1.69. The molecule has 2 nitrogen and oxygen atoms in total. The van der Waals surface area contributed by atoms with Crippen LogP contribution in [0.5, 0.6) is 0 Å². The predicted molar refractivity (Wildman–Crippen MR) is 50.5 cm³/mol. The molecule has 1 aliphatic rings. The second-order valence-corrected chi connectivity index (χ2v) is 3.50. The van der Waals surface area contributed by atoms with Gasteiger partial charge in [-0.3, -0.25) is 0 Å². The van der Waals surface area contributed by atoms with Crippen molar-refractivity contribution in [2.75, 3.05) is 5.32 Å². The summed E-state index contributed by atoms with van der Waals surface area (Å²) in [7, 11) is 0. The van der Waals surface area contributed by atoms with Gasteiger partial charge < -0.3 is 5.32 Å². The van der Waals surface area contributed by atoms with E-state index < -0.39 is 0 Å². The number of hydrogen-bond acceptors (Lipinski definition) is 2. The van der Waals surface area contributed by atoms with Crippen LogP contribution in [-0.2, 0) is 0 Å². The minimum absolute atomic E-state index is 0.555. The molecule has 1 aromatic heterocycles. The number of aromatic nitrogens is 1. The second kappa shape index (κ2) is 3.31. The van der Waals surface area contributed by atoms with Gasteiger partial charge in [-0.2, -0.15) is 0 Å². The molecular formula is C9H11ClN2. The van der Waals surface area contributed by atoms with Crippen LogP contribution in [0, 0.1) is 0 Å². The Labute approximate surface area is 77.0 Å². The van der Waals surface area contributed by atoms with E-state index in [9.17, 15) is 0 Å². The Morgan fingerprint density at radius 2 is 2.25 bits per heavy atom. The van der Waals surface area contributed by atoms with Gasteiger partial charge in [0, 0.05) is 6.04 Å². The summed E-state index contributed by atoms with van der Waals surface area (Å²) in [6.07, 6.45) is 3.85. The van der Waals surface area contributed by atoms with Gasteiger partial charge in [-0.05, 0) is 31.4 Å². The first-order chi connectivity index (χ1) is 5.84. The van der Waals surface area contributed by atoms with Crippen LogP contribution < -0.4 is 5.32 Å². The lowest BCUT2D eigenvalue weighted by atomic mass is 9.93. The van der Waals surface area contributed by atoms with E-state index in [1.807, 2.05) is 12.1 Å². The quantitative estimate of drug-likeness (QED) is 0.712.